The van der Waals surface area contributed by atoms with Gasteiger partial charge in [0.15, 0.2) is 0 Å². The zero-order chi connectivity index (χ0) is 13.8. The van der Waals surface area contributed by atoms with Crippen LogP contribution in [0.3, 0.4) is 0 Å². The number of thiophene rings is 1. The molecule has 3 atom stereocenters. The van der Waals surface area contributed by atoms with Crippen molar-refractivity contribution >= 4 is 17.2 Å². The molecule has 3 nitrogen and oxygen atoms in total. The Balaban J connectivity index is 1.84. The molecule has 0 aliphatic carbocycles. The second-order valence-corrected chi connectivity index (χ2v) is 6.91. The van der Waals surface area contributed by atoms with E-state index in [1.165, 1.54) is 11.3 Å². The van der Waals surface area contributed by atoms with E-state index in [1.807, 2.05) is 18.4 Å². The molecule has 1 saturated heterocycles. The number of nitrogens with one attached hydrogen (secondary N) is 1. The molecule has 0 saturated carbocycles. The summed E-state index contributed by atoms with van der Waals surface area (Å²) in [6.07, 6.45) is 1.28. The van der Waals surface area contributed by atoms with Gasteiger partial charge in [-0.15, -0.1) is 11.3 Å². The maximum absolute atomic E-state index is 12.2. The summed E-state index contributed by atoms with van der Waals surface area (Å²) in [5.74, 6) is 1.53. The molecule has 0 radical (unpaired) electrons. The van der Waals surface area contributed by atoms with Gasteiger partial charge in [-0.05, 0) is 36.6 Å². The van der Waals surface area contributed by atoms with Crippen LogP contribution in [0.1, 0.15) is 32.1 Å². The van der Waals surface area contributed by atoms with E-state index in [1.54, 1.807) is 11.3 Å². The van der Waals surface area contributed by atoms with Gasteiger partial charge in [-0.3, -0.25) is 9.69 Å². The van der Waals surface area contributed by atoms with Crippen LogP contribution in [0.4, 0.5) is 0 Å². The van der Waals surface area contributed by atoms with Crippen molar-refractivity contribution in [2.24, 2.45) is 11.8 Å². The first-order valence-electron chi connectivity index (χ1n) is 7.10. The van der Waals surface area contributed by atoms with Crippen molar-refractivity contribution in [2.75, 3.05) is 13.1 Å². The van der Waals surface area contributed by atoms with E-state index in [4.69, 9.17) is 0 Å². The average Bonchev–Trinajstić information content (AvgIpc) is 2.87. The van der Waals surface area contributed by atoms with Crippen molar-refractivity contribution in [1.29, 1.82) is 0 Å². The normalized spacial score (nSPS) is 26.1. The Hall–Kier alpha value is -0.870. The summed E-state index contributed by atoms with van der Waals surface area (Å²) in [5.41, 5.74) is 0. The Labute approximate surface area is 120 Å². The lowest BCUT2D eigenvalue weighted by Crippen LogP contribution is -2.50. The van der Waals surface area contributed by atoms with Crippen LogP contribution in [0.5, 0.6) is 0 Å². The van der Waals surface area contributed by atoms with Crippen molar-refractivity contribution < 1.29 is 4.79 Å². The molecule has 2 heterocycles. The predicted molar refractivity (Wildman–Crippen MR) is 80.1 cm³/mol. The summed E-state index contributed by atoms with van der Waals surface area (Å²) in [5, 5.41) is 5.08. The topological polar surface area (TPSA) is 32.3 Å². The SMILES string of the molecule is C[C@@H]1C[C@H](C)CN([C@H](C)C(=O)NCc2cccs2)C1. The molecule has 0 aromatic carbocycles. The largest absolute Gasteiger partial charge is 0.350 e. The monoisotopic (exact) mass is 280 g/mol. The molecule has 1 aliphatic rings. The minimum absolute atomic E-state index is 0.0230. The van der Waals surface area contributed by atoms with Crippen LogP contribution in [0, 0.1) is 11.8 Å². The molecule has 19 heavy (non-hydrogen) atoms. The molecule has 1 N–H and O–H groups in total. The molecular formula is C15H24N2OS. The number of hydrogen-bond donors (Lipinski definition) is 1. The number of hydrogen-bond acceptors (Lipinski definition) is 3. The number of carbonyl (C=O) groups excluding carboxylic acids is 1. The highest BCUT2D eigenvalue weighted by molar-refractivity contribution is 7.09. The predicted octanol–water partition coefficient (Wildman–Crippen LogP) is 2.73. The van der Waals surface area contributed by atoms with Crippen LogP contribution >= 0.6 is 11.3 Å². The number of rotatable bonds is 4. The van der Waals surface area contributed by atoms with E-state index in [-0.39, 0.29) is 11.9 Å². The first kappa shape index (κ1) is 14.5. The van der Waals surface area contributed by atoms with Crippen molar-refractivity contribution in [3.63, 3.8) is 0 Å². The van der Waals surface area contributed by atoms with Gasteiger partial charge in [0.05, 0.1) is 12.6 Å². The molecular weight excluding hydrogens is 256 g/mol. The van der Waals surface area contributed by atoms with Gasteiger partial charge in [0.25, 0.3) is 0 Å². The fraction of sp³-hybridized carbons (Fsp3) is 0.667. The maximum atomic E-state index is 12.2. The van der Waals surface area contributed by atoms with Crippen molar-refractivity contribution in [3.8, 4) is 0 Å². The van der Waals surface area contributed by atoms with E-state index in [2.05, 4.69) is 30.1 Å². The summed E-state index contributed by atoms with van der Waals surface area (Å²) >= 11 is 1.68. The minimum atomic E-state index is -0.0230. The highest BCUT2D eigenvalue weighted by Crippen LogP contribution is 2.22. The highest BCUT2D eigenvalue weighted by atomic mass is 32.1. The zero-order valence-corrected chi connectivity index (χ0v) is 12.9. The van der Waals surface area contributed by atoms with E-state index in [0.29, 0.717) is 18.4 Å². The first-order chi connectivity index (χ1) is 9.06. The molecule has 106 valence electrons. The lowest BCUT2D eigenvalue weighted by Gasteiger charge is -2.38. The first-order valence-corrected chi connectivity index (χ1v) is 7.98. The van der Waals surface area contributed by atoms with Crippen LogP contribution in [-0.4, -0.2) is 29.9 Å². The summed E-state index contributed by atoms with van der Waals surface area (Å²) in [7, 11) is 0. The van der Waals surface area contributed by atoms with Crippen molar-refractivity contribution in [1.82, 2.24) is 10.2 Å². The maximum Gasteiger partial charge on any atom is 0.237 e. The fourth-order valence-corrected chi connectivity index (χ4v) is 3.57. The minimum Gasteiger partial charge on any atom is -0.350 e. The van der Waals surface area contributed by atoms with Gasteiger partial charge in [-0.2, -0.15) is 0 Å². The molecule has 2 rings (SSSR count). The molecule has 1 aromatic rings. The molecule has 1 amide bonds. The second-order valence-electron chi connectivity index (χ2n) is 5.87. The van der Waals surface area contributed by atoms with Gasteiger partial charge >= 0.3 is 0 Å². The molecule has 1 fully saturated rings. The number of likely N-dealkylation sites (tertiary alicyclic amines) is 1. The van der Waals surface area contributed by atoms with Gasteiger partial charge < -0.3 is 5.32 Å². The Morgan fingerprint density at radius 1 is 1.47 bits per heavy atom. The molecule has 1 aliphatic heterocycles. The number of carbonyl (C=O) groups is 1. The second kappa shape index (κ2) is 6.53. The van der Waals surface area contributed by atoms with Gasteiger partial charge in [-0.1, -0.05) is 19.9 Å². The van der Waals surface area contributed by atoms with E-state index < -0.39 is 0 Å². The van der Waals surface area contributed by atoms with Gasteiger partial charge in [0.1, 0.15) is 0 Å². The Kier molecular flexibility index (Phi) is 4.99. The smallest absolute Gasteiger partial charge is 0.237 e. The van der Waals surface area contributed by atoms with Crippen LogP contribution in [0.15, 0.2) is 17.5 Å². The average molecular weight is 280 g/mol. The zero-order valence-electron chi connectivity index (χ0n) is 12.1. The Bertz CT molecular complexity index is 394. The quantitative estimate of drug-likeness (QED) is 0.920. The molecule has 0 spiro atoms. The summed E-state index contributed by atoms with van der Waals surface area (Å²) in [4.78, 5) is 15.7. The Morgan fingerprint density at radius 2 is 2.16 bits per heavy atom. The third-order valence-electron chi connectivity index (χ3n) is 3.84. The number of amides is 1. The lowest BCUT2D eigenvalue weighted by atomic mass is 9.91. The van der Waals surface area contributed by atoms with Gasteiger partial charge in [-0.25, -0.2) is 0 Å². The molecule has 1 aromatic heterocycles. The fourth-order valence-electron chi connectivity index (χ4n) is 2.93. The summed E-state index contributed by atoms with van der Waals surface area (Å²) in [6.45, 7) is 9.31. The number of piperidine rings is 1. The van der Waals surface area contributed by atoms with Crippen LogP contribution in [0.2, 0.25) is 0 Å². The van der Waals surface area contributed by atoms with Crippen LogP contribution in [0.25, 0.3) is 0 Å². The lowest BCUT2D eigenvalue weighted by molar-refractivity contribution is -0.127. The van der Waals surface area contributed by atoms with Crippen LogP contribution < -0.4 is 5.32 Å². The van der Waals surface area contributed by atoms with Crippen molar-refractivity contribution in [2.45, 2.75) is 39.8 Å². The van der Waals surface area contributed by atoms with Crippen LogP contribution in [-0.2, 0) is 11.3 Å². The van der Waals surface area contributed by atoms with Gasteiger partial charge in [0.2, 0.25) is 5.91 Å². The third-order valence-corrected chi connectivity index (χ3v) is 4.72. The highest BCUT2D eigenvalue weighted by Gasteiger charge is 2.28. The molecule has 0 bridgehead atoms. The van der Waals surface area contributed by atoms with E-state index in [0.717, 1.165) is 13.1 Å². The van der Waals surface area contributed by atoms with E-state index >= 15 is 0 Å². The van der Waals surface area contributed by atoms with Gasteiger partial charge in [0, 0.05) is 18.0 Å². The van der Waals surface area contributed by atoms with Crippen molar-refractivity contribution in [3.05, 3.63) is 22.4 Å². The third kappa shape index (κ3) is 4.05. The molecule has 0 unspecified atom stereocenters. The molecule has 4 heteroatoms. The standard InChI is InChI=1S/C15H24N2OS/c1-11-7-12(2)10-17(9-11)13(3)15(18)16-8-14-5-4-6-19-14/h4-6,11-13H,7-10H2,1-3H3,(H,16,18)/t11-,12+,13-/m1/s1. The summed E-state index contributed by atoms with van der Waals surface area (Å²) < 4.78 is 0. The van der Waals surface area contributed by atoms with E-state index in [9.17, 15) is 4.79 Å². The number of nitrogens with zero attached hydrogens (tertiary/aromatic N) is 1. The summed E-state index contributed by atoms with van der Waals surface area (Å²) in [6, 6.07) is 4.05. The Morgan fingerprint density at radius 3 is 2.74 bits per heavy atom.